The molecule has 1 aliphatic heterocycles. The normalized spacial score (nSPS) is 21.8. The van der Waals surface area contributed by atoms with E-state index in [1.807, 2.05) is 47.2 Å². The number of nitrogens with zero attached hydrogens (tertiary/aromatic N) is 3. The second kappa shape index (κ2) is 12.0. The van der Waals surface area contributed by atoms with E-state index in [9.17, 15) is 9.36 Å². The summed E-state index contributed by atoms with van der Waals surface area (Å²) in [5, 5.41) is 5.12. The van der Waals surface area contributed by atoms with E-state index in [0.29, 0.717) is 23.6 Å². The van der Waals surface area contributed by atoms with Crippen molar-refractivity contribution in [1.29, 1.82) is 0 Å². The van der Waals surface area contributed by atoms with Crippen molar-refractivity contribution >= 4 is 41.3 Å². The molecular formula is C29H34N5O6P. The number of benzene rings is 2. The second-order valence-electron chi connectivity index (χ2n) is 9.97. The lowest BCUT2D eigenvalue weighted by atomic mass is 10.0. The summed E-state index contributed by atoms with van der Waals surface area (Å²) in [6.07, 6.45) is 3.72. The lowest BCUT2D eigenvalue weighted by Gasteiger charge is -2.28. The van der Waals surface area contributed by atoms with Gasteiger partial charge in [0.05, 0.1) is 24.2 Å². The molecule has 6 atom stereocenters. The summed E-state index contributed by atoms with van der Waals surface area (Å²) in [5.74, 6) is 0.160. The molecule has 0 spiro atoms. The number of carbonyl (C=O) groups is 1. The molecule has 1 saturated heterocycles. The molecule has 0 radical (unpaired) electrons. The molecule has 1 aliphatic rings. The molecule has 1 fully saturated rings. The smallest absolute Gasteiger partial charge is 0.460 e. The van der Waals surface area contributed by atoms with Crippen molar-refractivity contribution < 1.29 is 27.9 Å². The van der Waals surface area contributed by atoms with E-state index >= 15 is 0 Å². The van der Waals surface area contributed by atoms with Crippen molar-refractivity contribution in [3.05, 3.63) is 73.7 Å². The number of anilines is 1. The SMILES string of the molecule is C=C[C@H](NP(=O)(Oc1cccc2ccccc12)OC(C)[C@@H]1C[C@H](C)[C@H](n2ccc3c(N)ncnc32)O1)C(=O)OCC. The molecule has 41 heavy (non-hydrogen) atoms. The Balaban J connectivity index is 1.40. The average molecular weight is 580 g/mol. The Bertz CT molecular complexity index is 1600. The fraction of sp³-hybridized carbons (Fsp3) is 0.345. The number of hydrogen-bond donors (Lipinski definition) is 2. The molecule has 11 nitrogen and oxygen atoms in total. The number of hydrogen-bond acceptors (Lipinski definition) is 9. The van der Waals surface area contributed by atoms with Gasteiger partial charge in [-0.05, 0) is 37.8 Å². The fourth-order valence-corrected chi connectivity index (χ4v) is 6.76. The molecule has 0 amide bonds. The van der Waals surface area contributed by atoms with E-state index in [1.165, 1.54) is 12.4 Å². The van der Waals surface area contributed by atoms with Crippen molar-refractivity contribution in [1.82, 2.24) is 19.6 Å². The van der Waals surface area contributed by atoms with Crippen LogP contribution < -0.4 is 15.3 Å². The molecule has 12 heteroatoms. The molecule has 5 rings (SSSR count). The summed E-state index contributed by atoms with van der Waals surface area (Å²) in [6.45, 7) is 9.36. The molecule has 0 aliphatic carbocycles. The van der Waals surface area contributed by atoms with E-state index in [0.717, 1.165) is 16.2 Å². The lowest BCUT2D eigenvalue weighted by molar-refractivity contribution is -0.144. The van der Waals surface area contributed by atoms with Gasteiger partial charge in [0.15, 0.2) is 0 Å². The van der Waals surface area contributed by atoms with Crippen LogP contribution in [0.2, 0.25) is 0 Å². The standard InChI is InChI=1S/C29H34N5O6P/c1-5-23(29(35)37-6-2)33-41(36,40-24-13-9-11-20-10-7-8-12-21(20)24)39-19(4)25-16-18(3)28(38-25)34-15-14-22-26(30)31-17-32-27(22)34/h5,7-15,17-19,23,25,28H,1,6,16H2,2-4H3,(H,33,36)(H2,30,31,32)/t18-,19?,23-,25-,28+,41?/m0/s1. The monoisotopic (exact) mass is 579 g/mol. The summed E-state index contributed by atoms with van der Waals surface area (Å²) in [4.78, 5) is 21.0. The summed E-state index contributed by atoms with van der Waals surface area (Å²) in [5.41, 5.74) is 6.69. The van der Waals surface area contributed by atoms with Crippen LogP contribution in [0, 0.1) is 5.92 Å². The minimum atomic E-state index is -4.20. The topological polar surface area (TPSA) is 140 Å². The van der Waals surface area contributed by atoms with Crippen molar-refractivity contribution in [2.24, 2.45) is 5.92 Å². The second-order valence-corrected chi connectivity index (χ2v) is 11.6. The van der Waals surface area contributed by atoms with Crippen molar-refractivity contribution in [3.63, 3.8) is 0 Å². The third kappa shape index (κ3) is 5.99. The van der Waals surface area contributed by atoms with Crippen LogP contribution in [0.25, 0.3) is 21.8 Å². The van der Waals surface area contributed by atoms with Gasteiger partial charge in [-0.2, -0.15) is 5.09 Å². The van der Waals surface area contributed by atoms with Gasteiger partial charge in [-0.3, -0.25) is 4.52 Å². The zero-order chi connectivity index (χ0) is 29.1. The Hall–Kier alpha value is -3.76. The number of nitrogen functional groups attached to an aromatic ring is 1. The van der Waals surface area contributed by atoms with Crippen LogP contribution in [0.1, 0.15) is 33.4 Å². The lowest BCUT2D eigenvalue weighted by Crippen LogP contribution is -2.38. The maximum Gasteiger partial charge on any atom is 0.460 e. The van der Waals surface area contributed by atoms with Gasteiger partial charge in [0.2, 0.25) is 0 Å². The van der Waals surface area contributed by atoms with E-state index in [1.54, 1.807) is 26.0 Å². The Morgan fingerprint density at radius 1 is 1.24 bits per heavy atom. The van der Waals surface area contributed by atoms with Crippen LogP contribution >= 0.6 is 7.75 Å². The largest absolute Gasteiger partial charge is 0.465 e. The van der Waals surface area contributed by atoms with Crippen molar-refractivity contribution in [2.75, 3.05) is 12.3 Å². The number of esters is 1. The first-order valence-electron chi connectivity index (χ1n) is 13.5. The van der Waals surface area contributed by atoms with E-state index in [-0.39, 0.29) is 18.8 Å². The number of ether oxygens (including phenoxy) is 2. The molecule has 0 saturated carbocycles. The van der Waals surface area contributed by atoms with Gasteiger partial charge in [-0.1, -0.05) is 49.4 Å². The van der Waals surface area contributed by atoms with Gasteiger partial charge in [0.1, 0.15) is 35.8 Å². The van der Waals surface area contributed by atoms with E-state index in [4.69, 9.17) is 24.3 Å². The molecule has 2 aromatic carbocycles. The minimum absolute atomic E-state index is 0.0737. The summed E-state index contributed by atoms with van der Waals surface area (Å²) >= 11 is 0. The van der Waals surface area contributed by atoms with Crippen LogP contribution in [0.15, 0.2) is 73.7 Å². The predicted octanol–water partition coefficient (Wildman–Crippen LogP) is 5.39. The number of fused-ring (bicyclic) bond motifs is 2. The maximum absolute atomic E-state index is 14.4. The van der Waals surface area contributed by atoms with Gasteiger partial charge in [-0.15, -0.1) is 6.58 Å². The third-order valence-corrected chi connectivity index (χ3v) is 8.73. The fourth-order valence-electron chi connectivity index (χ4n) is 5.06. The van der Waals surface area contributed by atoms with Crippen LogP contribution in [0.3, 0.4) is 0 Å². The Morgan fingerprint density at radius 3 is 2.80 bits per heavy atom. The van der Waals surface area contributed by atoms with E-state index < -0.39 is 32.0 Å². The zero-order valence-electron chi connectivity index (χ0n) is 23.2. The first kappa shape index (κ1) is 28.8. The van der Waals surface area contributed by atoms with Crippen molar-refractivity contribution in [2.45, 2.75) is 51.7 Å². The van der Waals surface area contributed by atoms with Crippen LogP contribution in [0.4, 0.5) is 5.82 Å². The van der Waals surface area contributed by atoms with Gasteiger partial charge >= 0.3 is 13.7 Å². The molecule has 4 aromatic rings. The quantitative estimate of drug-likeness (QED) is 0.135. The van der Waals surface area contributed by atoms with Crippen LogP contribution in [0.5, 0.6) is 5.75 Å². The Labute approximate surface area is 238 Å². The minimum Gasteiger partial charge on any atom is -0.465 e. The first-order chi connectivity index (χ1) is 19.7. The summed E-state index contributed by atoms with van der Waals surface area (Å²) in [6, 6.07) is 13.7. The number of rotatable bonds is 11. The molecule has 0 bridgehead atoms. The van der Waals surface area contributed by atoms with Crippen LogP contribution in [-0.2, 0) is 23.4 Å². The first-order valence-corrected chi connectivity index (χ1v) is 15.0. The molecule has 3 heterocycles. The third-order valence-electron chi connectivity index (χ3n) is 7.09. The highest BCUT2D eigenvalue weighted by atomic mass is 31.2. The van der Waals surface area contributed by atoms with Gasteiger partial charge in [-0.25, -0.2) is 19.3 Å². The van der Waals surface area contributed by atoms with Crippen LogP contribution in [-0.4, -0.2) is 45.4 Å². The number of nitrogens with two attached hydrogens (primary N) is 1. The van der Waals surface area contributed by atoms with Gasteiger partial charge in [0, 0.05) is 17.5 Å². The number of carbonyl (C=O) groups excluding carboxylic acids is 1. The molecule has 2 unspecified atom stereocenters. The highest BCUT2D eigenvalue weighted by molar-refractivity contribution is 7.52. The highest BCUT2D eigenvalue weighted by Crippen LogP contribution is 2.50. The summed E-state index contributed by atoms with van der Waals surface area (Å²) < 4.78 is 40.1. The highest BCUT2D eigenvalue weighted by Gasteiger charge is 2.42. The van der Waals surface area contributed by atoms with E-state index in [2.05, 4.69) is 28.6 Å². The average Bonchev–Trinajstić information content (AvgIpc) is 3.56. The molecule has 3 N–H and O–H groups in total. The summed E-state index contributed by atoms with van der Waals surface area (Å²) in [7, 11) is -4.20. The van der Waals surface area contributed by atoms with Gasteiger partial charge in [0.25, 0.3) is 0 Å². The molecular weight excluding hydrogens is 545 g/mol. The maximum atomic E-state index is 14.4. The predicted molar refractivity (Wildman–Crippen MR) is 156 cm³/mol. The molecule has 216 valence electrons. The molecule has 2 aromatic heterocycles. The van der Waals surface area contributed by atoms with Crippen molar-refractivity contribution in [3.8, 4) is 5.75 Å². The Morgan fingerprint density at radius 2 is 2.02 bits per heavy atom. The number of nitrogens with one attached hydrogen (secondary N) is 1. The van der Waals surface area contributed by atoms with Gasteiger partial charge < -0.3 is 24.3 Å². The Kier molecular flexibility index (Phi) is 8.42. The number of aromatic nitrogens is 3. The zero-order valence-corrected chi connectivity index (χ0v) is 24.1.